The normalized spacial score (nSPS) is 18.7. The van der Waals surface area contributed by atoms with Gasteiger partial charge in [-0.15, -0.1) is 24.0 Å². The van der Waals surface area contributed by atoms with Gasteiger partial charge in [0.2, 0.25) is 5.91 Å². The van der Waals surface area contributed by atoms with Crippen molar-refractivity contribution in [2.24, 2.45) is 10.9 Å². The van der Waals surface area contributed by atoms with Gasteiger partial charge in [-0.3, -0.25) is 9.69 Å². The van der Waals surface area contributed by atoms with Gasteiger partial charge < -0.3 is 15.5 Å². The molecule has 1 heterocycles. The van der Waals surface area contributed by atoms with Gasteiger partial charge in [-0.1, -0.05) is 31.4 Å². The number of nitrogens with one attached hydrogen (secondary N) is 2. The summed E-state index contributed by atoms with van der Waals surface area (Å²) in [6, 6.07) is 7.12. The van der Waals surface area contributed by atoms with E-state index >= 15 is 0 Å². The van der Waals surface area contributed by atoms with Crippen LogP contribution in [-0.2, 0) is 11.3 Å². The van der Waals surface area contributed by atoms with Crippen LogP contribution in [0, 0.1) is 11.7 Å². The number of carbonyl (C=O) groups excluding carboxylic acids is 1. The Morgan fingerprint density at radius 3 is 2.38 bits per heavy atom. The van der Waals surface area contributed by atoms with Gasteiger partial charge in [0, 0.05) is 46.3 Å². The highest BCUT2D eigenvalue weighted by atomic mass is 127. The summed E-state index contributed by atoms with van der Waals surface area (Å²) in [6.45, 7) is 3.91. The highest BCUT2D eigenvalue weighted by Crippen LogP contribution is 2.22. The van der Waals surface area contributed by atoms with E-state index in [-0.39, 0.29) is 42.2 Å². The first kappa shape index (κ1) is 26.8. The molecule has 1 aromatic carbocycles. The SMILES string of the molecule is CN(C)C(=O)CN=C(NCC1CCCCC1)NC1CCN(Cc2ccc(F)cc2)CC1.I. The first-order valence-corrected chi connectivity index (χ1v) is 11.7. The Bertz CT molecular complexity index is 714. The molecule has 1 aromatic rings. The Labute approximate surface area is 209 Å². The number of rotatable bonds is 7. The number of halogens is 2. The summed E-state index contributed by atoms with van der Waals surface area (Å²) in [5.74, 6) is 1.28. The fourth-order valence-electron chi connectivity index (χ4n) is 4.35. The van der Waals surface area contributed by atoms with E-state index in [1.165, 1.54) is 44.2 Å². The molecule has 2 fully saturated rings. The number of piperidine rings is 1. The number of amides is 1. The Morgan fingerprint density at radius 2 is 1.75 bits per heavy atom. The summed E-state index contributed by atoms with van der Waals surface area (Å²) in [5.41, 5.74) is 1.14. The van der Waals surface area contributed by atoms with Crippen molar-refractivity contribution in [1.29, 1.82) is 0 Å². The minimum absolute atomic E-state index is 0. The van der Waals surface area contributed by atoms with Crippen molar-refractivity contribution in [2.75, 3.05) is 40.3 Å². The number of hydrogen-bond acceptors (Lipinski definition) is 3. The molecule has 8 heteroatoms. The molecule has 0 aromatic heterocycles. The molecule has 1 amide bonds. The van der Waals surface area contributed by atoms with Gasteiger partial charge in [-0.2, -0.15) is 0 Å². The zero-order valence-electron chi connectivity index (χ0n) is 19.5. The number of benzene rings is 1. The zero-order valence-corrected chi connectivity index (χ0v) is 21.8. The van der Waals surface area contributed by atoms with Gasteiger partial charge in [0.1, 0.15) is 12.4 Å². The van der Waals surface area contributed by atoms with E-state index in [0.717, 1.165) is 50.5 Å². The van der Waals surface area contributed by atoms with Crippen molar-refractivity contribution >= 4 is 35.8 Å². The van der Waals surface area contributed by atoms with Crippen LogP contribution in [0.3, 0.4) is 0 Å². The predicted octanol–water partition coefficient (Wildman–Crippen LogP) is 3.61. The molecule has 0 spiro atoms. The second-order valence-corrected chi connectivity index (χ2v) is 9.16. The first-order valence-electron chi connectivity index (χ1n) is 11.7. The molecule has 32 heavy (non-hydrogen) atoms. The summed E-state index contributed by atoms with van der Waals surface area (Å²) in [7, 11) is 3.52. The van der Waals surface area contributed by atoms with Gasteiger partial charge in [0.15, 0.2) is 5.96 Å². The molecule has 0 unspecified atom stereocenters. The second-order valence-electron chi connectivity index (χ2n) is 9.16. The summed E-state index contributed by atoms with van der Waals surface area (Å²) in [6.07, 6.45) is 8.58. The quantitative estimate of drug-likeness (QED) is 0.305. The fourth-order valence-corrected chi connectivity index (χ4v) is 4.35. The van der Waals surface area contributed by atoms with Gasteiger partial charge in [0.25, 0.3) is 0 Å². The number of likely N-dealkylation sites (tertiary alicyclic amines) is 1. The molecular formula is C24H39FIN5O. The molecule has 1 saturated heterocycles. The number of aliphatic imine (C=N–C) groups is 1. The van der Waals surface area contributed by atoms with E-state index in [1.54, 1.807) is 19.0 Å². The van der Waals surface area contributed by atoms with Crippen molar-refractivity contribution < 1.29 is 9.18 Å². The third-order valence-electron chi connectivity index (χ3n) is 6.40. The van der Waals surface area contributed by atoms with Crippen LogP contribution < -0.4 is 10.6 Å². The molecule has 180 valence electrons. The summed E-state index contributed by atoms with van der Waals surface area (Å²) in [5, 5.41) is 7.08. The molecule has 0 bridgehead atoms. The number of guanidine groups is 1. The van der Waals surface area contributed by atoms with Crippen molar-refractivity contribution in [1.82, 2.24) is 20.4 Å². The Hall–Kier alpha value is -1.42. The minimum Gasteiger partial charge on any atom is -0.356 e. The average Bonchev–Trinajstić information content (AvgIpc) is 2.78. The largest absolute Gasteiger partial charge is 0.356 e. The van der Waals surface area contributed by atoms with Crippen molar-refractivity contribution in [3.05, 3.63) is 35.6 Å². The highest BCUT2D eigenvalue weighted by molar-refractivity contribution is 14.0. The van der Waals surface area contributed by atoms with E-state index in [2.05, 4.69) is 20.5 Å². The van der Waals surface area contributed by atoms with Crippen LogP contribution in [0.25, 0.3) is 0 Å². The van der Waals surface area contributed by atoms with E-state index in [9.17, 15) is 9.18 Å². The predicted molar refractivity (Wildman–Crippen MR) is 139 cm³/mol. The fraction of sp³-hybridized carbons (Fsp3) is 0.667. The monoisotopic (exact) mass is 559 g/mol. The molecule has 2 aliphatic rings. The molecular weight excluding hydrogens is 520 g/mol. The lowest BCUT2D eigenvalue weighted by molar-refractivity contribution is -0.127. The van der Waals surface area contributed by atoms with Crippen LogP contribution in [-0.4, -0.2) is 68.0 Å². The van der Waals surface area contributed by atoms with Gasteiger partial charge in [-0.05, 0) is 49.3 Å². The number of nitrogens with zero attached hydrogens (tertiary/aromatic N) is 3. The van der Waals surface area contributed by atoms with E-state index < -0.39 is 0 Å². The first-order chi connectivity index (χ1) is 15.0. The topological polar surface area (TPSA) is 60.0 Å². The van der Waals surface area contributed by atoms with Gasteiger partial charge >= 0.3 is 0 Å². The maximum atomic E-state index is 13.1. The maximum absolute atomic E-state index is 13.1. The standard InChI is InChI=1S/C24H38FN5O.HI/c1-29(2)23(31)17-27-24(26-16-19-6-4-3-5-7-19)28-22-12-14-30(15-13-22)18-20-8-10-21(25)11-9-20;/h8-11,19,22H,3-7,12-18H2,1-2H3,(H2,26,27,28);1H. The van der Waals surface area contributed by atoms with Crippen LogP contribution >= 0.6 is 24.0 Å². The molecule has 2 N–H and O–H groups in total. The van der Waals surface area contributed by atoms with Crippen LogP contribution in [0.15, 0.2) is 29.3 Å². The second kappa shape index (κ2) is 14.0. The molecule has 0 radical (unpaired) electrons. The van der Waals surface area contributed by atoms with Crippen molar-refractivity contribution in [2.45, 2.75) is 57.5 Å². The highest BCUT2D eigenvalue weighted by Gasteiger charge is 2.21. The van der Waals surface area contributed by atoms with Gasteiger partial charge in [-0.25, -0.2) is 9.38 Å². The van der Waals surface area contributed by atoms with Crippen LogP contribution in [0.4, 0.5) is 4.39 Å². The Morgan fingerprint density at radius 1 is 1.09 bits per heavy atom. The average molecular weight is 560 g/mol. The number of carbonyl (C=O) groups is 1. The molecule has 1 aliphatic heterocycles. The van der Waals surface area contributed by atoms with Crippen LogP contribution in [0.1, 0.15) is 50.5 Å². The number of hydrogen-bond donors (Lipinski definition) is 2. The van der Waals surface area contributed by atoms with Crippen molar-refractivity contribution in [3.63, 3.8) is 0 Å². The van der Waals surface area contributed by atoms with Gasteiger partial charge in [0.05, 0.1) is 0 Å². The van der Waals surface area contributed by atoms with E-state index in [4.69, 9.17) is 0 Å². The van der Waals surface area contributed by atoms with E-state index in [0.29, 0.717) is 12.0 Å². The minimum atomic E-state index is -0.188. The van der Waals surface area contributed by atoms with Crippen LogP contribution in [0.5, 0.6) is 0 Å². The lowest BCUT2D eigenvalue weighted by atomic mass is 9.89. The number of likely N-dealkylation sites (N-methyl/N-ethyl adjacent to an activating group) is 1. The molecule has 1 aliphatic carbocycles. The van der Waals surface area contributed by atoms with Crippen LogP contribution in [0.2, 0.25) is 0 Å². The van der Waals surface area contributed by atoms with Crippen molar-refractivity contribution in [3.8, 4) is 0 Å². The smallest absolute Gasteiger partial charge is 0.243 e. The lowest BCUT2D eigenvalue weighted by Gasteiger charge is -2.33. The summed E-state index contributed by atoms with van der Waals surface area (Å²) in [4.78, 5) is 20.6. The molecule has 1 saturated carbocycles. The maximum Gasteiger partial charge on any atom is 0.243 e. The zero-order chi connectivity index (χ0) is 22.1. The summed E-state index contributed by atoms with van der Waals surface area (Å²) < 4.78 is 13.1. The molecule has 6 nitrogen and oxygen atoms in total. The molecule has 3 rings (SSSR count). The summed E-state index contributed by atoms with van der Waals surface area (Å²) >= 11 is 0. The third-order valence-corrected chi connectivity index (χ3v) is 6.40. The molecule has 0 atom stereocenters. The van der Waals surface area contributed by atoms with E-state index in [1.807, 2.05) is 12.1 Å². The third kappa shape index (κ3) is 9.21. The lowest BCUT2D eigenvalue weighted by Crippen LogP contribution is -2.49. The Balaban J connectivity index is 0.00000363. The Kier molecular flexibility index (Phi) is 11.7.